The zero-order chi connectivity index (χ0) is 16.6. The van der Waals surface area contributed by atoms with Gasteiger partial charge < -0.3 is 9.15 Å². The maximum atomic E-state index is 12.6. The monoisotopic (exact) mass is 349 g/mol. The van der Waals surface area contributed by atoms with E-state index >= 15 is 0 Å². The Hall–Kier alpha value is -1.93. The van der Waals surface area contributed by atoms with E-state index < -0.39 is 14.6 Å². The average molecular weight is 349 g/mol. The van der Waals surface area contributed by atoms with E-state index in [2.05, 4.69) is 14.9 Å². The molecule has 0 aliphatic carbocycles. The standard InChI is InChI=1S/C16H19N3O4S/c20-24(21)7-3-14(10-23-15-17-4-1-5-18-15)16(24)11-19(12-16)8-13-2-6-22-9-13/h1-2,4-6,9,14H,3,7-8,10-12H2/t14-/m1/s1. The lowest BCUT2D eigenvalue weighted by atomic mass is 9.83. The molecule has 2 aliphatic heterocycles. The molecule has 0 N–H and O–H groups in total. The summed E-state index contributed by atoms with van der Waals surface area (Å²) in [5.41, 5.74) is 1.06. The van der Waals surface area contributed by atoms with Crippen LogP contribution < -0.4 is 4.74 Å². The normalized spacial score (nSPS) is 24.8. The smallest absolute Gasteiger partial charge is 0.316 e. The van der Waals surface area contributed by atoms with Crippen LogP contribution in [0.5, 0.6) is 6.01 Å². The van der Waals surface area contributed by atoms with E-state index in [9.17, 15) is 8.42 Å². The van der Waals surface area contributed by atoms with Crippen LogP contribution in [0.25, 0.3) is 0 Å². The minimum atomic E-state index is -3.10. The van der Waals surface area contributed by atoms with Crippen LogP contribution in [0.1, 0.15) is 12.0 Å². The van der Waals surface area contributed by atoms with Gasteiger partial charge in [0.15, 0.2) is 9.84 Å². The van der Waals surface area contributed by atoms with E-state index in [1.807, 2.05) is 6.07 Å². The van der Waals surface area contributed by atoms with Gasteiger partial charge in [0.25, 0.3) is 0 Å². The number of hydrogen-bond donors (Lipinski definition) is 0. The predicted molar refractivity (Wildman–Crippen MR) is 86.1 cm³/mol. The van der Waals surface area contributed by atoms with Crippen molar-refractivity contribution in [3.63, 3.8) is 0 Å². The molecule has 2 saturated heterocycles. The number of hydrogen-bond acceptors (Lipinski definition) is 7. The maximum Gasteiger partial charge on any atom is 0.316 e. The van der Waals surface area contributed by atoms with E-state index in [-0.39, 0.29) is 11.7 Å². The Morgan fingerprint density at radius 2 is 2.12 bits per heavy atom. The van der Waals surface area contributed by atoms with Gasteiger partial charge in [-0.3, -0.25) is 4.90 Å². The van der Waals surface area contributed by atoms with Crippen molar-refractivity contribution in [3.8, 4) is 6.01 Å². The van der Waals surface area contributed by atoms with E-state index in [1.54, 1.807) is 31.0 Å². The molecule has 128 valence electrons. The molecule has 0 aromatic carbocycles. The lowest BCUT2D eigenvalue weighted by Gasteiger charge is -2.49. The second kappa shape index (κ2) is 5.86. The fourth-order valence-electron chi connectivity index (χ4n) is 3.71. The van der Waals surface area contributed by atoms with Crippen LogP contribution in [0.15, 0.2) is 41.5 Å². The fourth-order valence-corrected chi connectivity index (χ4v) is 6.16. The van der Waals surface area contributed by atoms with Gasteiger partial charge in [0.05, 0.1) is 24.9 Å². The molecular weight excluding hydrogens is 330 g/mol. The summed E-state index contributed by atoms with van der Waals surface area (Å²) in [6, 6.07) is 3.92. The van der Waals surface area contributed by atoms with Crippen molar-refractivity contribution in [1.82, 2.24) is 14.9 Å². The first kappa shape index (κ1) is 15.6. The van der Waals surface area contributed by atoms with Gasteiger partial charge in [-0.05, 0) is 18.6 Å². The molecular formula is C16H19N3O4S. The number of aromatic nitrogens is 2. The van der Waals surface area contributed by atoms with E-state index in [0.29, 0.717) is 38.7 Å². The third-order valence-electron chi connectivity index (χ3n) is 5.02. The summed E-state index contributed by atoms with van der Waals surface area (Å²) in [4.78, 5) is 10.2. The van der Waals surface area contributed by atoms with Crippen molar-refractivity contribution in [2.75, 3.05) is 25.4 Å². The van der Waals surface area contributed by atoms with Crippen LogP contribution in [0.2, 0.25) is 0 Å². The highest BCUT2D eigenvalue weighted by Gasteiger charge is 2.61. The van der Waals surface area contributed by atoms with Crippen LogP contribution in [0, 0.1) is 5.92 Å². The third-order valence-corrected chi connectivity index (χ3v) is 7.63. The second-order valence-corrected chi connectivity index (χ2v) is 8.94. The molecule has 0 radical (unpaired) electrons. The summed E-state index contributed by atoms with van der Waals surface area (Å²) in [5.74, 6) is 0.211. The van der Waals surface area contributed by atoms with Crippen molar-refractivity contribution in [2.45, 2.75) is 17.7 Å². The SMILES string of the molecule is O=S1(=O)CC[C@H](COc2ncccn2)C12CN(Cc1ccoc1)C2. The molecule has 2 aliphatic rings. The minimum absolute atomic E-state index is 0.0214. The van der Waals surface area contributed by atoms with Crippen LogP contribution >= 0.6 is 0 Å². The van der Waals surface area contributed by atoms with E-state index in [4.69, 9.17) is 9.15 Å². The van der Waals surface area contributed by atoms with Gasteiger partial charge in [-0.2, -0.15) is 0 Å². The summed E-state index contributed by atoms with van der Waals surface area (Å²) >= 11 is 0. The van der Waals surface area contributed by atoms with E-state index in [0.717, 1.165) is 5.56 Å². The molecule has 4 heterocycles. The first-order valence-corrected chi connectivity index (χ1v) is 9.60. The van der Waals surface area contributed by atoms with Gasteiger partial charge in [-0.1, -0.05) is 0 Å². The molecule has 7 nitrogen and oxygen atoms in total. The van der Waals surface area contributed by atoms with Crippen molar-refractivity contribution in [3.05, 3.63) is 42.6 Å². The molecule has 24 heavy (non-hydrogen) atoms. The molecule has 0 amide bonds. The van der Waals surface area contributed by atoms with Crippen LogP contribution in [0.4, 0.5) is 0 Å². The Morgan fingerprint density at radius 3 is 2.83 bits per heavy atom. The molecule has 2 fully saturated rings. The van der Waals surface area contributed by atoms with Gasteiger partial charge in [0, 0.05) is 43.5 Å². The minimum Gasteiger partial charge on any atom is -0.472 e. The molecule has 1 spiro atoms. The number of ether oxygens (including phenoxy) is 1. The number of sulfone groups is 1. The summed E-state index contributed by atoms with van der Waals surface area (Å²) < 4.78 is 35.2. The highest BCUT2D eigenvalue weighted by atomic mass is 32.2. The molecule has 8 heteroatoms. The van der Waals surface area contributed by atoms with Crippen LogP contribution in [0.3, 0.4) is 0 Å². The topological polar surface area (TPSA) is 85.5 Å². The first-order chi connectivity index (χ1) is 11.6. The fraction of sp³-hybridized carbons (Fsp3) is 0.500. The van der Waals surface area contributed by atoms with Gasteiger partial charge >= 0.3 is 6.01 Å². The van der Waals surface area contributed by atoms with E-state index in [1.165, 1.54) is 0 Å². The molecule has 2 aromatic heterocycles. The zero-order valence-corrected chi connectivity index (χ0v) is 14.0. The molecule has 2 aromatic rings. The first-order valence-electron chi connectivity index (χ1n) is 7.95. The summed E-state index contributed by atoms with van der Waals surface area (Å²) in [5, 5.41) is 0. The Morgan fingerprint density at radius 1 is 1.33 bits per heavy atom. The third kappa shape index (κ3) is 2.59. The zero-order valence-electron chi connectivity index (χ0n) is 13.2. The summed E-state index contributed by atoms with van der Waals surface area (Å²) in [6.45, 7) is 2.14. The van der Waals surface area contributed by atoms with Crippen molar-refractivity contribution >= 4 is 9.84 Å². The largest absolute Gasteiger partial charge is 0.472 e. The van der Waals surface area contributed by atoms with Gasteiger partial charge in [-0.25, -0.2) is 18.4 Å². The molecule has 0 bridgehead atoms. The highest BCUT2D eigenvalue weighted by Crippen LogP contribution is 2.45. The Labute approximate surface area is 140 Å². The second-order valence-electron chi connectivity index (χ2n) is 6.49. The lowest BCUT2D eigenvalue weighted by Crippen LogP contribution is -2.67. The van der Waals surface area contributed by atoms with Crippen molar-refractivity contribution in [1.29, 1.82) is 0 Å². The highest BCUT2D eigenvalue weighted by molar-refractivity contribution is 7.93. The van der Waals surface area contributed by atoms with Crippen molar-refractivity contribution < 1.29 is 17.6 Å². The summed E-state index contributed by atoms with van der Waals surface area (Å²) in [7, 11) is -3.10. The quantitative estimate of drug-likeness (QED) is 0.800. The summed E-state index contributed by atoms with van der Waals surface area (Å²) in [6.07, 6.45) is 7.18. The maximum absolute atomic E-state index is 12.6. The average Bonchev–Trinajstić information content (AvgIpc) is 3.13. The molecule has 0 unspecified atom stereocenters. The van der Waals surface area contributed by atoms with Gasteiger partial charge in [0.2, 0.25) is 0 Å². The molecule has 0 saturated carbocycles. The predicted octanol–water partition coefficient (Wildman–Crippen LogP) is 1.14. The van der Waals surface area contributed by atoms with Crippen LogP contribution in [-0.2, 0) is 16.4 Å². The number of nitrogens with zero attached hydrogens (tertiary/aromatic N) is 3. The number of likely N-dealkylation sites (tertiary alicyclic amines) is 1. The van der Waals surface area contributed by atoms with Crippen molar-refractivity contribution in [2.24, 2.45) is 5.92 Å². The lowest BCUT2D eigenvalue weighted by molar-refractivity contribution is 0.0571. The number of furan rings is 1. The van der Waals surface area contributed by atoms with Crippen LogP contribution in [-0.4, -0.2) is 53.5 Å². The Kier molecular flexibility index (Phi) is 3.80. The Bertz CT molecular complexity index is 786. The van der Waals surface area contributed by atoms with Gasteiger partial charge in [0.1, 0.15) is 4.75 Å². The molecule has 1 atom stereocenters. The number of rotatable bonds is 5. The van der Waals surface area contributed by atoms with Gasteiger partial charge in [-0.15, -0.1) is 0 Å². The molecule has 4 rings (SSSR count). The Balaban J connectivity index is 1.43.